The number of nitrogens with one attached hydrogen (secondary N) is 1. The van der Waals surface area contributed by atoms with E-state index in [1.165, 1.54) is 64.1 Å². The molecule has 0 bridgehead atoms. The van der Waals surface area contributed by atoms with Crippen LogP contribution in [0.5, 0.6) is 5.75 Å². The Hall–Kier alpha value is -1.22. The third-order valence-electron chi connectivity index (χ3n) is 4.29. The molecule has 112 valence electrons. The molecule has 1 aliphatic heterocycles. The average molecular weight is 277 g/mol. The van der Waals surface area contributed by atoms with Crippen molar-refractivity contribution in [3.63, 3.8) is 0 Å². The first kappa shape index (κ1) is 15.2. The molecule has 1 saturated heterocycles. The van der Waals surface area contributed by atoms with E-state index in [-0.39, 0.29) is 0 Å². The third kappa shape index (κ3) is 4.41. The summed E-state index contributed by atoms with van der Waals surface area (Å²) >= 11 is 0. The van der Waals surface area contributed by atoms with Gasteiger partial charge >= 0.3 is 0 Å². The number of rotatable bonds is 7. The molecule has 1 fully saturated rings. The molecular weight excluding hydrogens is 248 g/mol. The highest BCUT2D eigenvalue weighted by atomic mass is 16.5. The molecule has 20 heavy (non-hydrogen) atoms. The maximum atomic E-state index is 5.22. The molecule has 1 aromatic rings. The molecule has 3 nitrogen and oxygen atoms in total. The van der Waals surface area contributed by atoms with E-state index in [1.807, 2.05) is 0 Å². The van der Waals surface area contributed by atoms with Crippen molar-refractivity contribution < 1.29 is 9.64 Å². The summed E-state index contributed by atoms with van der Waals surface area (Å²) in [6, 6.07) is 8.45. The van der Waals surface area contributed by atoms with Crippen LogP contribution in [0.3, 0.4) is 0 Å². The Balaban J connectivity index is 1.73. The van der Waals surface area contributed by atoms with Crippen LogP contribution in [0.25, 0.3) is 0 Å². The van der Waals surface area contributed by atoms with Crippen molar-refractivity contribution in [2.45, 2.75) is 32.6 Å². The molecule has 1 heterocycles. The monoisotopic (exact) mass is 277 g/mol. The molecule has 1 aliphatic rings. The van der Waals surface area contributed by atoms with Gasteiger partial charge in [-0.3, -0.25) is 0 Å². The first-order valence-corrected chi connectivity index (χ1v) is 8.06. The largest absolute Gasteiger partial charge is 0.497 e. The van der Waals surface area contributed by atoms with Crippen LogP contribution in [0.1, 0.15) is 32.6 Å². The Morgan fingerprint density at radius 3 is 2.35 bits per heavy atom. The Kier molecular flexibility index (Phi) is 6.19. The first-order chi connectivity index (χ1) is 9.83. The second-order valence-electron chi connectivity index (χ2n) is 5.75. The Morgan fingerprint density at radius 1 is 1.05 bits per heavy atom. The zero-order valence-electron chi connectivity index (χ0n) is 13.0. The van der Waals surface area contributed by atoms with Crippen molar-refractivity contribution in [2.24, 2.45) is 0 Å². The Morgan fingerprint density at radius 2 is 1.75 bits per heavy atom. The summed E-state index contributed by atoms with van der Waals surface area (Å²) in [6.07, 6.45) is 5.53. The van der Waals surface area contributed by atoms with E-state index in [4.69, 9.17) is 4.74 Å². The number of ether oxygens (including phenoxy) is 1. The van der Waals surface area contributed by atoms with Gasteiger partial charge < -0.3 is 14.5 Å². The van der Waals surface area contributed by atoms with Crippen LogP contribution in [0.15, 0.2) is 24.3 Å². The van der Waals surface area contributed by atoms with Crippen molar-refractivity contribution in [1.29, 1.82) is 0 Å². The second kappa shape index (κ2) is 8.15. The number of hydrogen-bond acceptors (Lipinski definition) is 2. The number of benzene rings is 1. The van der Waals surface area contributed by atoms with Gasteiger partial charge in [0.05, 0.1) is 39.8 Å². The summed E-state index contributed by atoms with van der Waals surface area (Å²) in [5.41, 5.74) is 1.33. The topological polar surface area (TPSA) is 16.9 Å². The molecule has 1 aromatic carbocycles. The minimum Gasteiger partial charge on any atom is -0.497 e. The predicted molar refractivity (Wildman–Crippen MR) is 84.9 cm³/mol. The fraction of sp³-hybridized carbons (Fsp3) is 0.647. The predicted octanol–water partition coefficient (Wildman–Crippen LogP) is 1.98. The van der Waals surface area contributed by atoms with Crippen LogP contribution in [-0.2, 0) is 0 Å². The van der Waals surface area contributed by atoms with E-state index in [9.17, 15) is 0 Å². The Labute approximate surface area is 123 Å². The van der Waals surface area contributed by atoms with E-state index in [0.29, 0.717) is 0 Å². The third-order valence-corrected chi connectivity index (χ3v) is 4.29. The number of hydrogen-bond donors (Lipinski definition) is 1. The highest BCUT2D eigenvalue weighted by molar-refractivity contribution is 5.49. The van der Waals surface area contributed by atoms with Gasteiger partial charge in [-0.1, -0.05) is 19.8 Å². The molecule has 0 amide bonds. The number of quaternary nitrogens is 1. The highest BCUT2D eigenvalue weighted by Crippen LogP contribution is 2.18. The number of unbranched alkanes of at least 4 members (excludes halogenated alkanes) is 3. The standard InChI is InChI=1S/C17H28N2O/c1-3-4-5-6-11-18-12-14-19(15-13-18)16-7-9-17(20-2)10-8-16/h7-10H,3-6,11-15H2,1-2H3/p+1. The molecule has 0 spiro atoms. The SMILES string of the molecule is CCCCCC[NH+]1CCN(c2ccc(OC)cc2)CC1. The summed E-state index contributed by atoms with van der Waals surface area (Å²) < 4.78 is 5.22. The molecule has 1 N–H and O–H groups in total. The van der Waals surface area contributed by atoms with Crippen molar-refractivity contribution >= 4 is 5.69 Å². The number of nitrogens with zero attached hydrogens (tertiary/aromatic N) is 1. The van der Waals surface area contributed by atoms with E-state index in [0.717, 1.165) is 5.75 Å². The highest BCUT2D eigenvalue weighted by Gasteiger charge is 2.19. The van der Waals surface area contributed by atoms with Crippen molar-refractivity contribution in [3.8, 4) is 5.75 Å². The quantitative estimate of drug-likeness (QED) is 0.768. The van der Waals surface area contributed by atoms with Crippen LogP contribution >= 0.6 is 0 Å². The zero-order chi connectivity index (χ0) is 14.2. The van der Waals surface area contributed by atoms with E-state index in [1.54, 1.807) is 12.0 Å². The minimum absolute atomic E-state index is 0.939. The molecule has 3 heteroatoms. The fourth-order valence-corrected chi connectivity index (χ4v) is 2.93. The van der Waals surface area contributed by atoms with E-state index >= 15 is 0 Å². The number of piperazine rings is 1. The molecule has 0 aromatic heterocycles. The van der Waals surface area contributed by atoms with Crippen LogP contribution in [0, 0.1) is 0 Å². The van der Waals surface area contributed by atoms with Gasteiger partial charge in [0.1, 0.15) is 5.75 Å². The maximum absolute atomic E-state index is 5.22. The van der Waals surface area contributed by atoms with Gasteiger partial charge in [-0.25, -0.2) is 0 Å². The molecule has 2 rings (SSSR count). The number of methoxy groups -OCH3 is 1. The maximum Gasteiger partial charge on any atom is 0.119 e. The smallest absolute Gasteiger partial charge is 0.119 e. The zero-order valence-corrected chi connectivity index (χ0v) is 13.0. The molecular formula is C17H29N2O+. The molecule has 0 saturated carbocycles. The van der Waals surface area contributed by atoms with Crippen LogP contribution in [0.4, 0.5) is 5.69 Å². The van der Waals surface area contributed by atoms with Gasteiger partial charge in [0, 0.05) is 5.69 Å². The van der Waals surface area contributed by atoms with Crippen LogP contribution < -0.4 is 14.5 Å². The lowest BCUT2D eigenvalue weighted by Crippen LogP contribution is -3.14. The Bertz CT molecular complexity index is 369. The fourth-order valence-electron chi connectivity index (χ4n) is 2.93. The van der Waals surface area contributed by atoms with Gasteiger partial charge in [0.15, 0.2) is 0 Å². The molecule has 0 radical (unpaired) electrons. The molecule has 0 unspecified atom stereocenters. The first-order valence-electron chi connectivity index (χ1n) is 8.06. The van der Waals surface area contributed by atoms with Gasteiger partial charge in [0.25, 0.3) is 0 Å². The summed E-state index contributed by atoms with van der Waals surface area (Å²) in [5, 5.41) is 0. The van der Waals surface area contributed by atoms with Crippen molar-refractivity contribution in [2.75, 3.05) is 44.7 Å². The summed E-state index contributed by atoms with van der Waals surface area (Å²) in [4.78, 5) is 4.28. The van der Waals surface area contributed by atoms with E-state index < -0.39 is 0 Å². The lowest BCUT2D eigenvalue weighted by Gasteiger charge is -2.33. The lowest BCUT2D eigenvalue weighted by atomic mass is 10.2. The van der Waals surface area contributed by atoms with Gasteiger partial charge in [0.2, 0.25) is 0 Å². The normalized spacial score (nSPS) is 16.4. The number of anilines is 1. The second-order valence-corrected chi connectivity index (χ2v) is 5.75. The van der Waals surface area contributed by atoms with Gasteiger partial charge in [-0.05, 0) is 37.1 Å². The minimum atomic E-state index is 0.939. The van der Waals surface area contributed by atoms with Gasteiger partial charge in [-0.15, -0.1) is 0 Å². The molecule has 0 atom stereocenters. The lowest BCUT2D eigenvalue weighted by molar-refractivity contribution is -0.900. The molecule has 0 aliphatic carbocycles. The van der Waals surface area contributed by atoms with Gasteiger partial charge in [-0.2, -0.15) is 0 Å². The van der Waals surface area contributed by atoms with E-state index in [2.05, 4.69) is 36.1 Å². The van der Waals surface area contributed by atoms with Crippen molar-refractivity contribution in [1.82, 2.24) is 0 Å². The average Bonchev–Trinajstić information content (AvgIpc) is 2.52. The van der Waals surface area contributed by atoms with Crippen LogP contribution in [0.2, 0.25) is 0 Å². The van der Waals surface area contributed by atoms with Crippen LogP contribution in [-0.4, -0.2) is 39.8 Å². The summed E-state index contributed by atoms with van der Waals surface area (Å²) in [6.45, 7) is 8.54. The summed E-state index contributed by atoms with van der Waals surface area (Å²) in [7, 11) is 1.72. The van der Waals surface area contributed by atoms with Crippen molar-refractivity contribution in [3.05, 3.63) is 24.3 Å². The summed E-state index contributed by atoms with van der Waals surface area (Å²) in [5.74, 6) is 0.939.